The minimum absolute atomic E-state index is 0.240. The lowest BCUT2D eigenvalue weighted by atomic mass is 9.97. The lowest BCUT2D eigenvalue weighted by Gasteiger charge is -2.30. The van der Waals surface area contributed by atoms with Gasteiger partial charge in [-0.25, -0.2) is 8.42 Å². The van der Waals surface area contributed by atoms with Crippen molar-refractivity contribution >= 4 is 9.84 Å². The molecule has 0 amide bonds. The summed E-state index contributed by atoms with van der Waals surface area (Å²) in [5, 5.41) is -0.489. The van der Waals surface area contributed by atoms with Crippen LogP contribution in [0.3, 0.4) is 0 Å². The predicted molar refractivity (Wildman–Crippen MR) is 79.2 cm³/mol. The molecule has 1 aliphatic heterocycles. The molecule has 0 saturated carbocycles. The second-order valence-corrected chi connectivity index (χ2v) is 7.63. The number of aryl methyl sites for hydroxylation is 1. The molecule has 1 saturated heterocycles. The highest BCUT2D eigenvalue weighted by Crippen LogP contribution is 2.35. The van der Waals surface area contributed by atoms with Gasteiger partial charge in [0.15, 0.2) is 9.84 Å². The van der Waals surface area contributed by atoms with Gasteiger partial charge in [-0.15, -0.1) is 0 Å². The van der Waals surface area contributed by atoms with Crippen molar-refractivity contribution in [2.45, 2.75) is 37.5 Å². The van der Waals surface area contributed by atoms with Crippen molar-refractivity contribution in [3.8, 4) is 5.75 Å². The minimum atomic E-state index is -3.12. The van der Waals surface area contributed by atoms with Gasteiger partial charge in [0.25, 0.3) is 0 Å². The van der Waals surface area contributed by atoms with E-state index in [1.54, 1.807) is 7.11 Å². The lowest BCUT2D eigenvalue weighted by molar-refractivity contribution is 0.390. The molecule has 0 aliphatic carbocycles. The molecule has 1 fully saturated rings. The average Bonchev–Trinajstić information content (AvgIpc) is 2.41. The van der Waals surface area contributed by atoms with Crippen molar-refractivity contribution in [3.05, 3.63) is 29.3 Å². The third-order valence-corrected chi connectivity index (χ3v) is 6.19. The number of hydrogen-bond acceptors (Lipinski definition) is 5. The number of sulfone groups is 1. The van der Waals surface area contributed by atoms with E-state index in [4.69, 9.17) is 10.6 Å². The van der Waals surface area contributed by atoms with Crippen molar-refractivity contribution in [1.29, 1.82) is 0 Å². The molecule has 0 radical (unpaired) electrons. The Morgan fingerprint density at radius 2 is 2.15 bits per heavy atom. The molecule has 0 spiro atoms. The molecule has 0 bridgehead atoms. The number of rotatable bonds is 4. The first-order valence-electron chi connectivity index (χ1n) is 6.82. The number of nitrogens with two attached hydrogens (primary N) is 1. The van der Waals surface area contributed by atoms with Gasteiger partial charge in [-0.1, -0.05) is 24.1 Å². The van der Waals surface area contributed by atoms with Gasteiger partial charge in [-0.2, -0.15) is 0 Å². The number of nitrogens with one attached hydrogen (secondary N) is 1. The molecule has 5 nitrogen and oxygen atoms in total. The fraction of sp³-hybridized carbons (Fsp3) is 0.571. The van der Waals surface area contributed by atoms with E-state index in [9.17, 15) is 8.42 Å². The second-order valence-electron chi connectivity index (χ2n) is 5.29. The summed E-state index contributed by atoms with van der Waals surface area (Å²) in [6.45, 7) is 1.96. The number of ether oxygens (including phenoxy) is 1. The van der Waals surface area contributed by atoms with Gasteiger partial charge < -0.3 is 4.74 Å². The summed E-state index contributed by atoms with van der Waals surface area (Å²) >= 11 is 0. The zero-order chi connectivity index (χ0) is 14.8. The summed E-state index contributed by atoms with van der Waals surface area (Å²) in [5.74, 6) is 6.57. The Labute approximate surface area is 120 Å². The van der Waals surface area contributed by atoms with Gasteiger partial charge in [0.2, 0.25) is 0 Å². The lowest BCUT2D eigenvalue weighted by Crippen LogP contribution is -2.43. The number of methoxy groups -OCH3 is 1. The molecule has 1 heterocycles. The third kappa shape index (κ3) is 2.97. The Bertz CT molecular complexity index is 572. The van der Waals surface area contributed by atoms with Crippen molar-refractivity contribution in [2.75, 3.05) is 12.9 Å². The van der Waals surface area contributed by atoms with Gasteiger partial charge in [-0.05, 0) is 25.8 Å². The zero-order valence-corrected chi connectivity index (χ0v) is 12.7. The summed E-state index contributed by atoms with van der Waals surface area (Å²) in [6, 6.07) is 5.29. The second kappa shape index (κ2) is 6.11. The summed E-state index contributed by atoms with van der Waals surface area (Å²) in [6.07, 6.45) is 2.28. The minimum Gasteiger partial charge on any atom is -0.496 e. The van der Waals surface area contributed by atoms with Crippen LogP contribution in [0.15, 0.2) is 18.2 Å². The Balaban J connectivity index is 2.44. The van der Waals surface area contributed by atoms with Gasteiger partial charge in [0.1, 0.15) is 5.75 Å². The standard InChI is InChI=1S/C14H22N2O3S/c1-10-6-7-12(19-2)11(9-10)14(16-15)13-5-3-4-8-20(13,17)18/h6-7,9,13-14,16H,3-5,8,15H2,1-2H3. The van der Waals surface area contributed by atoms with Gasteiger partial charge >= 0.3 is 0 Å². The Kier molecular flexibility index (Phi) is 4.67. The highest BCUT2D eigenvalue weighted by Gasteiger charge is 2.37. The van der Waals surface area contributed by atoms with Crippen LogP contribution in [-0.4, -0.2) is 26.5 Å². The van der Waals surface area contributed by atoms with Crippen molar-refractivity contribution < 1.29 is 13.2 Å². The van der Waals surface area contributed by atoms with E-state index in [0.717, 1.165) is 24.0 Å². The molecular formula is C14H22N2O3S. The predicted octanol–water partition coefficient (Wildman–Crippen LogP) is 1.48. The Hall–Kier alpha value is -1.11. The van der Waals surface area contributed by atoms with Crippen LogP contribution in [0.25, 0.3) is 0 Å². The molecular weight excluding hydrogens is 276 g/mol. The van der Waals surface area contributed by atoms with Gasteiger partial charge in [-0.3, -0.25) is 11.3 Å². The number of hydrogen-bond donors (Lipinski definition) is 2. The number of benzene rings is 1. The molecule has 6 heteroatoms. The zero-order valence-electron chi connectivity index (χ0n) is 11.9. The van der Waals surface area contributed by atoms with Crippen LogP contribution in [-0.2, 0) is 9.84 Å². The molecule has 2 unspecified atom stereocenters. The van der Waals surface area contributed by atoms with E-state index >= 15 is 0 Å². The maximum atomic E-state index is 12.3. The topological polar surface area (TPSA) is 81.4 Å². The fourth-order valence-corrected chi connectivity index (χ4v) is 4.92. The van der Waals surface area contributed by atoms with Crippen molar-refractivity contribution in [3.63, 3.8) is 0 Å². The molecule has 2 rings (SSSR count). The SMILES string of the molecule is COc1ccc(C)cc1C(NN)C1CCCCS1(=O)=O. The Morgan fingerprint density at radius 1 is 1.40 bits per heavy atom. The van der Waals surface area contributed by atoms with Crippen molar-refractivity contribution in [2.24, 2.45) is 5.84 Å². The molecule has 2 atom stereocenters. The molecule has 1 aromatic rings. The summed E-state index contributed by atoms with van der Waals surface area (Å²) in [7, 11) is -1.54. The average molecular weight is 298 g/mol. The summed E-state index contributed by atoms with van der Waals surface area (Å²) in [5.41, 5.74) is 4.55. The fourth-order valence-electron chi connectivity index (χ4n) is 2.85. The van der Waals surface area contributed by atoms with E-state index in [-0.39, 0.29) is 5.75 Å². The van der Waals surface area contributed by atoms with Crippen LogP contribution < -0.4 is 16.0 Å². The molecule has 1 aromatic carbocycles. The molecule has 20 heavy (non-hydrogen) atoms. The molecule has 1 aliphatic rings. The van der Waals surface area contributed by atoms with Crippen LogP contribution in [0.2, 0.25) is 0 Å². The number of hydrazine groups is 1. The van der Waals surface area contributed by atoms with Crippen LogP contribution in [0, 0.1) is 6.92 Å². The van der Waals surface area contributed by atoms with Crippen LogP contribution in [0.5, 0.6) is 5.75 Å². The largest absolute Gasteiger partial charge is 0.496 e. The quantitative estimate of drug-likeness (QED) is 0.650. The van der Waals surface area contributed by atoms with Crippen LogP contribution in [0.1, 0.15) is 36.4 Å². The smallest absolute Gasteiger partial charge is 0.155 e. The van der Waals surface area contributed by atoms with Crippen molar-refractivity contribution in [1.82, 2.24) is 5.43 Å². The first-order chi connectivity index (χ1) is 9.49. The maximum absolute atomic E-state index is 12.3. The van der Waals surface area contributed by atoms with Crippen LogP contribution >= 0.6 is 0 Å². The highest BCUT2D eigenvalue weighted by atomic mass is 32.2. The summed E-state index contributed by atoms with van der Waals surface area (Å²) < 4.78 is 30.0. The first kappa shape index (κ1) is 15.3. The third-order valence-electron chi connectivity index (χ3n) is 3.90. The van der Waals surface area contributed by atoms with E-state index < -0.39 is 21.1 Å². The normalized spacial score (nSPS) is 23.2. The Morgan fingerprint density at radius 3 is 2.75 bits per heavy atom. The first-order valence-corrected chi connectivity index (χ1v) is 8.53. The summed E-state index contributed by atoms with van der Waals surface area (Å²) in [4.78, 5) is 0. The van der Waals surface area contributed by atoms with E-state index in [1.807, 2.05) is 25.1 Å². The molecule has 0 aromatic heterocycles. The van der Waals surface area contributed by atoms with E-state index in [0.29, 0.717) is 12.2 Å². The molecule has 112 valence electrons. The maximum Gasteiger partial charge on any atom is 0.155 e. The highest BCUT2D eigenvalue weighted by molar-refractivity contribution is 7.92. The van der Waals surface area contributed by atoms with Gasteiger partial charge in [0.05, 0.1) is 24.2 Å². The van der Waals surface area contributed by atoms with E-state index in [1.165, 1.54) is 0 Å². The van der Waals surface area contributed by atoms with Gasteiger partial charge in [0, 0.05) is 5.56 Å². The van der Waals surface area contributed by atoms with Crippen LogP contribution in [0.4, 0.5) is 0 Å². The monoisotopic (exact) mass is 298 g/mol. The van der Waals surface area contributed by atoms with E-state index in [2.05, 4.69) is 5.43 Å². The molecule has 3 N–H and O–H groups in total.